The molecule has 0 N–H and O–H groups in total. The lowest BCUT2D eigenvalue weighted by atomic mass is 10.2. The Labute approximate surface area is 94.9 Å². The van der Waals surface area contributed by atoms with Gasteiger partial charge in [-0.1, -0.05) is 4.85 Å². The fourth-order valence-corrected chi connectivity index (χ4v) is 1.35. The van der Waals surface area contributed by atoms with Crippen molar-refractivity contribution in [2.75, 3.05) is 0 Å². The summed E-state index contributed by atoms with van der Waals surface area (Å²) in [5.74, 6) is 0. The fourth-order valence-electron chi connectivity index (χ4n) is 1.35. The number of benzene rings is 1. The number of nitrogens with zero attached hydrogens (tertiary/aromatic N) is 3. The summed E-state index contributed by atoms with van der Waals surface area (Å²) >= 11 is 0. The molecule has 0 radical (unpaired) electrons. The van der Waals surface area contributed by atoms with E-state index in [0.29, 0.717) is 5.52 Å². The van der Waals surface area contributed by atoms with Gasteiger partial charge in [-0.15, -0.1) is 5.10 Å². The van der Waals surface area contributed by atoms with Gasteiger partial charge in [-0.25, -0.2) is 0 Å². The maximum absolute atomic E-state index is 12.5. The first-order chi connectivity index (χ1) is 7.88. The van der Waals surface area contributed by atoms with Gasteiger partial charge in [-0.3, -0.25) is 0 Å². The lowest BCUT2D eigenvalue weighted by Crippen LogP contribution is -2.20. The second-order valence-electron chi connectivity index (χ2n) is 3.82. The highest BCUT2D eigenvalue weighted by Gasteiger charge is 2.31. The number of fused-ring (bicyclic) bond motifs is 1. The minimum atomic E-state index is -4.39. The van der Waals surface area contributed by atoms with E-state index in [0.717, 1.165) is 17.0 Å². The van der Waals surface area contributed by atoms with Gasteiger partial charge >= 0.3 is 6.18 Å². The van der Waals surface area contributed by atoms with Gasteiger partial charge in [0.25, 0.3) is 0 Å². The van der Waals surface area contributed by atoms with E-state index in [4.69, 9.17) is 4.84 Å². The summed E-state index contributed by atoms with van der Waals surface area (Å²) in [6.45, 7) is 3.50. The standard InChI is InChI=1S/C10H10F3N3O/c1-6(2)17-16-9-5-7(10(11,12)13)3-4-8(9)14-15-16/h3-6H,1-2H3. The van der Waals surface area contributed by atoms with E-state index < -0.39 is 11.7 Å². The minimum absolute atomic E-state index is 0.200. The Hall–Kier alpha value is -1.79. The molecule has 17 heavy (non-hydrogen) atoms. The SMILES string of the molecule is CC(C)On1nnc2ccc(C(F)(F)F)cc21. The van der Waals surface area contributed by atoms with Crippen LogP contribution in [0.25, 0.3) is 11.0 Å². The third kappa shape index (κ3) is 2.32. The normalized spacial score (nSPS) is 12.4. The zero-order chi connectivity index (χ0) is 12.6. The van der Waals surface area contributed by atoms with Crippen LogP contribution in [0.15, 0.2) is 18.2 Å². The van der Waals surface area contributed by atoms with Crippen LogP contribution in [0.2, 0.25) is 0 Å². The maximum atomic E-state index is 12.5. The monoisotopic (exact) mass is 245 g/mol. The molecule has 0 aliphatic carbocycles. The van der Waals surface area contributed by atoms with Crippen molar-refractivity contribution in [1.29, 1.82) is 0 Å². The average molecular weight is 245 g/mol. The highest BCUT2D eigenvalue weighted by atomic mass is 19.4. The van der Waals surface area contributed by atoms with Gasteiger partial charge in [0.1, 0.15) is 17.1 Å². The molecule has 0 bridgehead atoms. The fraction of sp³-hybridized carbons (Fsp3) is 0.400. The molecule has 0 aliphatic rings. The molecule has 0 aliphatic heterocycles. The first-order valence-electron chi connectivity index (χ1n) is 4.98. The van der Waals surface area contributed by atoms with Crippen LogP contribution in [-0.4, -0.2) is 21.3 Å². The summed E-state index contributed by atoms with van der Waals surface area (Å²) in [6, 6.07) is 3.21. The molecule has 2 aromatic rings. The molecule has 7 heteroatoms. The van der Waals surface area contributed by atoms with Crippen LogP contribution in [0, 0.1) is 0 Å². The van der Waals surface area contributed by atoms with E-state index in [1.54, 1.807) is 13.8 Å². The molecule has 92 valence electrons. The Morgan fingerprint density at radius 2 is 2.00 bits per heavy atom. The highest BCUT2D eigenvalue weighted by molar-refractivity contribution is 5.74. The van der Waals surface area contributed by atoms with Crippen molar-refractivity contribution >= 4 is 11.0 Å². The van der Waals surface area contributed by atoms with E-state index in [9.17, 15) is 13.2 Å². The molecular weight excluding hydrogens is 235 g/mol. The van der Waals surface area contributed by atoms with E-state index in [1.165, 1.54) is 6.07 Å². The van der Waals surface area contributed by atoms with E-state index in [-0.39, 0.29) is 11.6 Å². The Kier molecular flexibility index (Phi) is 2.68. The van der Waals surface area contributed by atoms with Crippen molar-refractivity contribution < 1.29 is 18.0 Å². The Balaban J connectivity index is 2.50. The zero-order valence-electron chi connectivity index (χ0n) is 9.19. The van der Waals surface area contributed by atoms with Gasteiger partial charge in [0.15, 0.2) is 0 Å². The van der Waals surface area contributed by atoms with Gasteiger partial charge in [0.2, 0.25) is 0 Å². The van der Waals surface area contributed by atoms with Gasteiger partial charge < -0.3 is 4.84 Å². The van der Waals surface area contributed by atoms with Crippen molar-refractivity contribution in [3.8, 4) is 0 Å². The van der Waals surface area contributed by atoms with Crippen LogP contribution in [0.4, 0.5) is 13.2 Å². The molecule has 0 amide bonds. The topological polar surface area (TPSA) is 39.9 Å². The Morgan fingerprint density at radius 3 is 2.59 bits per heavy atom. The number of hydrogen-bond donors (Lipinski definition) is 0. The average Bonchev–Trinajstić information content (AvgIpc) is 2.59. The molecule has 1 heterocycles. The van der Waals surface area contributed by atoms with Gasteiger partial charge in [0.05, 0.1) is 5.56 Å². The van der Waals surface area contributed by atoms with Gasteiger partial charge in [0, 0.05) is 0 Å². The summed E-state index contributed by atoms with van der Waals surface area (Å²) in [7, 11) is 0. The number of aromatic nitrogens is 3. The van der Waals surface area contributed by atoms with Gasteiger partial charge in [-0.2, -0.15) is 13.2 Å². The lowest BCUT2D eigenvalue weighted by molar-refractivity contribution is -0.137. The van der Waals surface area contributed by atoms with Crippen molar-refractivity contribution in [3.05, 3.63) is 23.8 Å². The Morgan fingerprint density at radius 1 is 1.29 bits per heavy atom. The summed E-state index contributed by atoms with van der Waals surface area (Å²) in [5.41, 5.74) is -0.187. The molecule has 0 saturated heterocycles. The molecule has 2 rings (SSSR count). The predicted octanol–water partition coefficient (Wildman–Crippen LogP) is 2.29. The summed E-state index contributed by atoms with van der Waals surface area (Å²) in [4.78, 5) is 6.22. The molecule has 0 saturated carbocycles. The maximum Gasteiger partial charge on any atom is 0.416 e. The quantitative estimate of drug-likeness (QED) is 0.814. The zero-order valence-corrected chi connectivity index (χ0v) is 9.19. The van der Waals surface area contributed by atoms with Crippen molar-refractivity contribution in [1.82, 2.24) is 15.2 Å². The van der Waals surface area contributed by atoms with Crippen molar-refractivity contribution in [2.45, 2.75) is 26.1 Å². The number of halogens is 3. The summed E-state index contributed by atoms with van der Waals surface area (Å²) in [5, 5.41) is 7.35. The first-order valence-corrected chi connectivity index (χ1v) is 4.98. The van der Waals surface area contributed by atoms with E-state index >= 15 is 0 Å². The van der Waals surface area contributed by atoms with Crippen molar-refractivity contribution in [2.24, 2.45) is 0 Å². The summed E-state index contributed by atoms with van der Waals surface area (Å²) < 4.78 is 37.6. The number of hydrogen-bond acceptors (Lipinski definition) is 3. The molecule has 1 aromatic carbocycles. The molecule has 0 unspecified atom stereocenters. The van der Waals surface area contributed by atoms with Crippen LogP contribution in [0.5, 0.6) is 0 Å². The predicted molar refractivity (Wildman–Crippen MR) is 54.2 cm³/mol. The van der Waals surface area contributed by atoms with E-state index in [2.05, 4.69) is 10.3 Å². The second kappa shape index (κ2) is 3.90. The third-order valence-corrected chi connectivity index (χ3v) is 2.05. The van der Waals surface area contributed by atoms with E-state index in [1.807, 2.05) is 0 Å². The third-order valence-electron chi connectivity index (χ3n) is 2.05. The molecule has 4 nitrogen and oxygen atoms in total. The smallest absolute Gasteiger partial charge is 0.392 e. The second-order valence-corrected chi connectivity index (χ2v) is 3.82. The molecule has 0 atom stereocenters. The van der Waals surface area contributed by atoms with Crippen molar-refractivity contribution in [3.63, 3.8) is 0 Å². The lowest BCUT2D eigenvalue weighted by Gasteiger charge is -2.09. The molecule has 0 spiro atoms. The largest absolute Gasteiger partial charge is 0.416 e. The number of alkyl halides is 3. The van der Waals surface area contributed by atoms with Gasteiger partial charge in [-0.05, 0) is 37.3 Å². The van der Waals surface area contributed by atoms with Crippen LogP contribution >= 0.6 is 0 Å². The van der Waals surface area contributed by atoms with Crippen LogP contribution < -0.4 is 4.84 Å². The van der Waals surface area contributed by atoms with Crippen LogP contribution in [0.3, 0.4) is 0 Å². The molecular formula is C10H10F3N3O. The van der Waals surface area contributed by atoms with Crippen LogP contribution in [0.1, 0.15) is 19.4 Å². The molecule has 1 aromatic heterocycles. The van der Waals surface area contributed by atoms with Crippen LogP contribution in [-0.2, 0) is 6.18 Å². The Bertz CT molecular complexity index is 533. The highest BCUT2D eigenvalue weighted by Crippen LogP contribution is 2.30. The minimum Gasteiger partial charge on any atom is -0.392 e. The summed E-state index contributed by atoms with van der Waals surface area (Å²) in [6.07, 6.45) is -4.59. The number of rotatable bonds is 2. The molecule has 0 fully saturated rings. The first kappa shape index (κ1) is 11.7.